The number of benzene rings is 3. The molecule has 6 nitrogen and oxygen atoms in total. The lowest BCUT2D eigenvalue weighted by molar-refractivity contribution is -0.122. The third-order valence-electron chi connectivity index (χ3n) is 6.64. The Morgan fingerprint density at radius 2 is 1.73 bits per heavy atom. The van der Waals surface area contributed by atoms with Crippen molar-refractivity contribution in [3.63, 3.8) is 0 Å². The van der Waals surface area contributed by atoms with E-state index in [1.807, 2.05) is 49.4 Å². The Bertz CT molecular complexity index is 1560. The van der Waals surface area contributed by atoms with Crippen LogP contribution in [-0.4, -0.2) is 22.0 Å². The second-order valence-electron chi connectivity index (χ2n) is 9.08. The lowest BCUT2D eigenvalue weighted by atomic mass is 9.83. The van der Waals surface area contributed by atoms with E-state index in [0.29, 0.717) is 28.1 Å². The predicted octanol–water partition coefficient (Wildman–Crippen LogP) is 5.77. The van der Waals surface area contributed by atoms with Crippen molar-refractivity contribution in [2.75, 3.05) is 4.90 Å². The number of nitrogens with one attached hydrogen (secondary N) is 1. The molecule has 3 heterocycles. The molecule has 0 saturated carbocycles. The van der Waals surface area contributed by atoms with Gasteiger partial charge in [-0.3, -0.25) is 14.4 Å². The number of hydrogen-bond donors (Lipinski definition) is 1. The number of H-pyrrole nitrogens is 1. The zero-order valence-electron chi connectivity index (χ0n) is 19.6. The van der Waals surface area contributed by atoms with Crippen LogP contribution in [0, 0.1) is 12.8 Å². The SMILES string of the molecule is Cc1cccc(COc2ccc(C3c4sc(=O)[nH]c4SC4C(=O)N(c5ccc(Cl)cc5)C(=O)C43)cc2)c1. The van der Waals surface area contributed by atoms with Crippen LogP contribution in [-0.2, 0) is 16.2 Å². The lowest BCUT2D eigenvalue weighted by Crippen LogP contribution is -2.32. The molecule has 0 spiro atoms. The number of carbonyl (C=O) groups excluding carboxylic acids is 2. The zero-order chi connectivity index (χ0) is 25.7. The highest BCUT2D eigenvalue weighted by atomic mass is 35.5. The summed E-state index contributed by atoms with van der Waals surface area (Å²) in [6, 6.07) is 22.4. The Labute approximate surface area is 226 Å². The predicted molar refractivity (Wildman–Crippen MR) is 146 cm³/mol. The lowest BCUT2D eigenvalue weighted by Gasteiger charge is -2.29. The molecule has 2 aliphatic rings. The van der Waals surface area contributed by atoms with Crippen LogP contribution in [0.5, 0.6) is 5.75 Å². The quantitative estimate of drug-likeness (QED) is 0.320. The minimum atomic E-state index is -0.636. The van der Waals surface area contributed by atoms with E-state index in [2.05, 4.69) is 11.1 Å². The highest BCUT2D eigenvalue weighted by Crippen LogP contribution is 2.53. The molecule has 1 saturated heterocycles. The fourth-order valence-electron chi connectivity index (χ4n) is 4.96. The van der Waals surface area contributed by atoms with E-state index in [9.17, 15) is 14.4 Å². The molecular weight excluding hydrogens is 528 g/mol. The molecule has 37 heavy (non-hydrogen) atoms. The molecule has 2 amide bonds. The normalized spacial score (nSPS) is 20.6. The van der Waals surface area contributed by atoms with Gasteiger partial charge < -0.3 is 9.72 Å². The second-order valence-corrected chi connectivity index (χ2v) is 11.7. The highest BCUT2D eigenvalue weighted by molar-refractivity contribution is 8.00. The molecule has 2 aliphatic heterocycles. The van der Waals surface area contributed by atoms with Gasteiger partial charge in [0.05, 0.1) is 16.6 Å². The maximum Gasteiger partial charge on any atom is 0.305 e. The summed E-state index contributed by atoms with van der Waals surface area (Å²) in [7, 11) is 0. The Morgan fingerprint density at radius 1 is 0.973 bits per heavy atom. The number of fused-ring (bicyclic) bond motifs is 2. The van der Waals surface area contributed by atoms with Gasteiger partial charge in [-0.25, -0.2) is 4.90 Å². The van der Waals surface area contributed by atoms with E-state index in [-0.39, 0.29) is 16.7 Å². The average molecular weight is 549 g/mol. The molecule has 1 fully saturated rings. The van der Waals surface area contributed by atoms with Gasteiger partial charge in [-0.05, 0) is 54.4 Å². The maximum atomic E-state index is 13.7. The summed E-state index contributed by atoms with van der Waals surface area (Å²) in [5.74, 6) is -0.925. The summed E-state index contributed by atoms with van der Waals surface area (Å²) in [5, 5.41) is 0.542. The van der Waals surface area contributed by atoms with Crippen LogP contribution in [0.3, 0.4) is 0 Å². The fourth-order valence-corrected chi connectivity index (χ4v) is 7.60. The standard InChI is InChI=1S/C28H21ClN2O4S2/c1-15-3-2-4-16(13-15)14-35-20-11-5-17(6-12-20)21-22-24(36-25-23(21)37-28(34)30-25)27(33)31(26(22)32)19-9-7-18(29)8-10-19/h2-13,21-22,24H,14H2,1H3,(H,30,34). The molecule has 4 aromatic rings. The van der Waals surface area contributed by atoms with Crippen molar-refractivity contribution in [2.24, 2.45) is 5.92 Å². The molecule has 9 heteroatoms. The maximum absolute atomic E-state index is 13.7. The molecule has 1 aromatic heterocycles. The second kappa shape index (κ2) is 9.52. The van der Waals surface area contributed by atoms with Crippen LogP contribution in [0.15, 0.2) is 82.6 Å². The van der Waals surface area contributed by atoms with Gasteiger partial charge >= 0.3 is 4.87 Å². The summed E-state index contributed by atoms with van der Waals surface area (Å²) < 4.78 is 5.97. The van der Waals surface area contributed by atoms with Crippen molar-refractivity contribution in [1.82, 2.24) is 4.98 Å². The smallest absolute Gasteiger partial charge is 0.305 e. The number of ether oxygens (including phenoxy) is 1. The van der Waals surface area contributed by atoms with Gasteiger partial charge in [0, 0.05) is 15.8 Å². The number of hydrogen-bond acceptors (Lipinski definition) is 6. The van der Waals surface area contributed by atoms with Crippen molar-refractivity contribution < 1.29 is 14.3 Å². The van der Waals surface area contributed by atoms with Gasteiger partial charge in [0.15, 0.2) is 0 Å². The number of thiazole rings is 1. The van der Waals surface area contributed by atoms with Crippen LogP contribution in [0.1, 0.15) is 27.5 Å². The number of carbonyl (C=O) groups is 2. The van der Waals surface area contributed by atoms with Crippen molar-refractivity contribution in [3.8, 4) is 5.75 Å². The number of rotatable bonds is 5. The molecule has 3 atom stereocenters. The van der Waals surface area contributed by atoms with Crippen molar-refractivity contribution in [3.05, 3.63) is 109 Å². The van der Waals surface area contributed by atoms with Gasteiger partial charge in [-0.1, -0.05) is 76.7 Å². The molecule has 1 N–H and O–H groups in total. The van der Waals surface area contributed by atoms with E-state index in [4.69, 9.17) is 16.3 Å². The van der Waals surface area contributed by atoms with Crippen molar-refractivity contribution in [1.29, 1.82) is 0 Å². The van der Waals surface area contributed by atoms with E-state index < -0.39 is 17.1 Å². The third-order valence-corrected chi connectivity index (χ3v) is 9.29. The molecule has 3 aromatic carbocycles. The summed E-state index contributed by atoms with van der Waals surface area (Å²) in [5.41, 5.74) is 3.60. The van der Waals surface area contributed by atoms with Crippen LogP contribution >= 0.6 is 34.7 Å². The first-order valence-electron chi connectivity index (χ1n) is 11.7. The Balaban J connectivity index is 1.32. The zero-order valence-corrected chi connectivity index (χ0v) is 22.0. The van der Waals surface area contributed by atoms with E-state index >= 15 is 0 Å². The number of aromatic nitrogens is 1. The first-order valence-corrected chi connectivity index (χ1v) is 13.8. The summed E-state index contributed by atoms with van der Waals surface area (Å²) >= 11 is 8.38. The van der Waals surface area contributed by atoms with Crippen molar-refractivity contribution >= 4 is 52.2 Å². The molecule has 186 valence electrons. The van der Waals surface area contributed by atoms with E-state index in [1.165, 1.54) is 22.2 Å². The number of nitrogens with zero attached hydrogens (tertiary/aromatic N) is 1. The van der Waals surface area contributed by atoms with Crippen LogP contribution in [0.4, 0.5) is 5.69 Å². The number of aromatic amines is 1. The Hall–Kier alpha value is -3.33. The Morgan fingerprint density at radius 3 is 2.46 bits per heavy atom. The highest BCUT2D eigenvalue weighted by Gasteiger charge is 2.56. The minimum Gasteiger partial charge on any atom is -0.489 e. The first kappa shape index (κ1) is 24.0. The number of halogens is 1. The van der Waals surface area contributed by atoms with Gasteiger partial charge in [0.2, 0.25) is 11.8 Å². The molecule has 6 rings (SSSR count). The monoisotopic (exact) mass is 548 g/mol. The molecule has 0 aliphatic carbocycles. The van der Waals surface area contributed by atoms with Crippen LogP contribution in [0.25, 0.3) is 0 Å². The number of anilines is 1. The van der Waals surface area contributed by atoms with Gasteiger partial charge in [-0.2, -0.15) is 0 Å². The van der Waals surface area contributed by atoms with Gasteiger partial charge in [0.25, 0.3) is 0 Å². The molecule has 0 bridgehead atoms. The topological polar surface area (TPSA) is 79.5 Å². The number of amides is 2. The number of thioether (sulfide) groups is 1. The van der Waals surface area contributed by atoms with Crippen LogP contribution < -0.4 is 14.5 Å². The fraction of sp³-hybridized carbons (Fsp3) is 0.179. The van der Waals surface area contributed by atoms with Gasteiger partial charge in [-0.15, -0.1) is 0 Å². The van der Waals surface area contributed by atoms with E-state index in [0.717, 1.165) is 27.3 Å². The van der Waals surface area contributed by atoms with Gasteiger partial charge in [0.1, 0.15) is 17.6 Å². The first-order chi connectivity index (χ1) is 17.9. The van der Waals surface area contributed by atoms with E-state index in [1.54, 1.807) is 24.3 Å². The third kappa shape index (κ3) is 4.39. The average Bonchev–Trinajstić information content (AvgIpc) is 3.38. The summed E-state index contributed by atoms with van der Waals surface area (Å²) in [4.78, 5) is 44.2. The minimum absolute atomic E-state index is 0.199. The molecular formula is C28H21ClN2O4S2. The summed E-state index contributed by atoms with van der Waals surface area (Å²) in [6.45, 7) is 2.49. The largest absolute Gasteiger partial charge is 0.489 e. The van der Waals surface area contributed by atoms with Crippen LogP contribution in [0.2, 0.25) is 5.02 Å². The molecule has 3 unspecified atom stereocenters. The summed E-state index contributed by atoms with van der Waals surface area (Å²) in [6.07, 6.45) is 0. The number of imide groups is 1. The number of aryl methyl sites for hydroxylation is 1. The Kier molecular flexibility index (Phi) is 6.18. The molecule has 0 radical (unpaired) electrons. The van der Waals surface area contributed by atoms with Crippen molar-refractivity contribution in [2.45, 2.75) is 29.7 Å².